The number of carbonyl (C=O) groups excluding carboxylic acids is 2. The van der Waals surface area contributed by atoms with Crippen LogP contribution in [0.3, 0.4) is 0 Å². The third-order valence-corrected chi connectivity index (χ3v) is 6.42. The number of unbranched alkanes of at least 4 members (excludes halogenated alkanes) is 1. The average Bonchev–Trinajstić information content (AvgIpc) is 2.82. The van der Waals surface area contributed by atoms with Crippen LogP contribution in [0.25, 0.3) is 0 Å². The van der Waals surface area contributed by atoms with Gasteiger partial charge in [0, 0.05) is 32.4 Å². The van der Waals surface area contributed by atoms with Crippen molar-refractivity contribution in [2.45, 2.75) is 91.1 Å². The van der Waals surface area contributed by atoms with Gasteiger partial charge >= 0.3 is 12.2 Å². The first kappa shape index (κ1) is 30.7. The van der Waals surface area contributed by atoms with Crippen LogP contribution in [-0.4, -0.2) is 63.8 Å². The number of hydrogen-bond acceptors (Lipinski definition) is 6. The highest BCUT2D eigenvalue weighted by molar-refractivity contribution is 6.30. The smallest absolute Gasteiger partial charge is 0.410 e. The van der Waals surface area contributed by atoms with Gasteiger partial charge in [-0.2, -0.15) is 0 Å². The zero-order valence-electron chi connectivity index (χ0n) is 24.1. The molecule has 3 rings (SSSR count). The van der Waals surface area contributed by atoms with Crippen molar-refractivity contribution in [3.63, 3.8) is 0 Å². The quantitative estimate of drug-likeness (QED) is 0.369. The fraction of sp³-hybridized carbons (Fsp3) is 0.567. The summed E-state index contributed by atoms with van der Waals surface area (Å²) in [6.45, 7) is 14.3. The Kier molecular flexibility index (Phi) is 10.6. The zero-order valence-corrected chi connectivity index (χ0v) is 24.9. The molecule has 1 N–H and O–H groups in total. The monoisotopic (exact) mass is 558 g/mol. The topological polar surface area (TPSA) is 84.0 Å². The molecule has 8 nitrogen and oxygen atoms in total. The van der Waals surface area contributed by atoms with E-state index in [4.69, 9.17) is 21.1 Å². The highest BCUT2D eigenvalue weighted by atomic mass is 35.5. The Morgan fingerprint density at radius 2 is 1.72 bits per heavy atom. The number of carbonyl (C=O) groups is 2. The van der Waals surface area contributed by atoms with Crippen LogP contribution in [0, 0.1) is 0 Å². The molecule has 1 aliphatic heterocycles. The molecule has 39 heavy (non-hydrogen) atoms. The minimum atomic E-state index is -0.577. The second kappa shape index (κ2) is 13.5. The third kappa shape index (κ3) is 10.7. The highest BCUT2D eigenvalue weighted by Gasteiger charge is 2.34. The van der Waals surface area contributed by atoms with Crippen molar-refractivity contribution in [3.8, 4) is 0 Å². The van der Waals surface area contributed by atoms with E-state index < -0.39 is 17.3 Å². The van der Waals surface area contributed by atoms with Crippen LogP contribution in [0.15, 0.2) is 42.6 Å². The largest absolute Gasteiger partial charge is 0.444 e. The summed E-state index contributed by atoms with van der Waals surface area (Å²) < 4.78 is 11.1. The second-order valence-electron chi connectivity index (χ2n) is 12.1. The van der Waals surface area contributed by atoms with Gasteiger partial charge in [0.25, 0.3) is 0 Å². The summed E-state index contributed by atoms with van der Waals surface area (Å²) in [5.41, 5.74) is 2.22. The number of halogens is 1. The minimum absolute atomic E-state index is 0.0538. The summed E-state index contributed by atoms with van der Waals surface area (Å²) in [5.74, 6) is 0. The Morgan fingerprint density at radius 3 is 2.36 bits per heavy atom. The molecule has 9 heteroatoms. The predicted molar refractivity (Wildman–Crippen MR) is 154 cm³/mol. The number of nitrogens with one attached hydrogen (secondary N) is 1. The Morgan fingerprint density at radius 1 is 1.03 bits per heavy atom. The SMILES string of the molecule is CC(C)(C)OC(=O)NCCCCN(Cc1ccc(Cl)cn1)C[C@H]1Cc2ccccc2CN1C(=O)OC(C)(C)C. The van der Waals surface area contributed by atoms with Crippen molar-refractivity contribution in [2.24, 2.45) is 0 Å². The van der Waals surface area contributed by atoms with Gasteiger partial charge in [-0.25, -0.2) is 9.59 Å². The van der Waals surface area contributed by atoms with E-state index in [1.807, 2.05) is 70.7 Å². The van der Waals surface area contributed by atoms with E-state index in [0.29, 0.717) is 31.2 Å². The number of rotatable bonds is 9. The van der Waals surface area contributed by atoms with Gasteiger partial charge < -0.3 is 14.8 Å². The number of fused-ring (bicyclic) bond motifs is 1. The number of amides is 2. The molecule has 2 heterocycles. The van der Waals surface area contributed by atoms with Gasteiger partial charge in [0.15, 0.2) is 0 Å². The van der Waals surface area contributed by atoms with Crippen molar-refractivity contribution in [1.82, 2.24) is 20.1 Å². The van der Waals surface area contributed by atoms with Crippen molar-refractivity contribution in [2.75, 3.05) is 19.6 Å². The number of ether oxygens (including phenoxy) is 2. The lowest BCUT2D eigenvalue weighted by molar-refractivity contribution is 0.00708. The van der Waals surface area contributed by atoms with E-state index in [2.05, 4.69) is 27.3 Å². The molecular formula is C30H43ClN4O4. The first-order valence-corrected chi connectivity index (χ1v) is 14.0. The Labute approximate surface area is 238 Å². The number of pyridine rings is 1. The number of benzene rings is 1. The molecule has 1 aromatic heterocycles. The van der Waals surface area contributed by atoms with Crippen LogP contribution in [-0.2, 0) is 29.0 Å². The number of alkyl carbamates (subject to hydrolysis) is 1. The van der Waals surface area contributed by atoms with E-state index >= 15 is 0 Å². The van der Waals surface area contributed by atoms with E-state index in [0.717, 1.165) is 37.1 Å². The first-order chi connectivity index (χ1) is 18.3. The molecule has 2 aromatic rings. The molecule has 1 atom stereocenters. The van der Waals surface area contributed by atoms with Gasteiger partial charge in [0.05, 0.1) is 16.8 Å². The van der Waals surface area contributed by atoms with Gasteiger partial charge in [-0.1, -0.05) is 35.9 Å². The molecule has 0 fully saturated rings. The molecule has 1 aromatic carbocycles. The maximum atomic E-state index is 13.3. The van der Waals surface area contributed by atoms with Gasteiger partial charge in [0.2, 0.25) is 0 Å². The maximum absolute atomic E-state index is 13.3. The lowest BCUT2D eigenvalue weighted by Crippen LogP contribution is -2.51. The second-order valence-corrected chi connectivity index (χ2v) is 12.5. The molecule has 0 spiro atoms. The minimum Gasteiger partial charge on any atom is -0.444 e. The third-order valence-electron chi connectivity index (χ3n) is 6.20. The van der Waals surface area contributed by atoms with E-state index in [1.165, 1.54) is 5.56 Å². The normalized spacial score (nSPS) is 15.6. The van der Waals surface area contributed by atoms with Crippen molar-refractivity contribution in [3.05, 3.63) is 64.4 Å². The summed E-state index contributed by atoms with van der Waals surface area (Å²) in [6, 6.07) is 12.0. The van der Waals surface area contributed by atoms with E-state index in [9.17, 15) is 9.59 Å². The molecule has 2 amide bonds. The van der Waals surface area contributed by atoms with Crippen LogP contribution in [0.4, 0.5) is 9.59 Å². The summed E-state index contributed by atoms with van der Waals surface area (Å²) in [7, 11) is 0. The molecule has 0 bridgehead atoms. The van der Waals surface area contributed by atoms with Gasteiger partial charge in [-0.05, 0) is 90.6 Å². The molecule has 1 aliphatic rings. The maximum Gasteiger partial charge on any atom is 0.410 e. The van der Waals surface area contributed by atoms with Gasteiger partial charge in [0.1, 0.15) is 11.2 Å². The van der Waals surface area contributed by atoms with E-state index in [-0.39, 0.29) is 12.1 Å². The number of nitrogens with zero attached hydrogens (tertiary/aromatic N) is 3. The molecule has 0 radical (unpaired) electrons. The zero-order chi connectivity index (χ0) is 28.6. The van der Waals surface area contributed by atoms with Crippen molar-refractivity contribution in [1.29, 1.82) is 0 Å². The first-order valence-electron chi connectivity index (χ1n) is 13.6. The van der Waals surface area contributed by atoms with Crippen LogP contribution >= 0.6 is 11.6 Å². The molecule has 0 aliphatic carbocycles. The molecule has 0 saturated heterocycles. The van der Waals surface area contributed by atoms with Crippen LogP contribution < -0.4 is 5.32 Å². The fourth-order valence-electron chi connectivity index (χ4n) is 4.51. The Balaban J connectivity index is 1.70. The summed E-state index contributed by atoms with van der Waals surface area (Å²) in [4.78, 5) is 33.9. The Bertz CT molecular complexity index is 1100. The fourth-order valence-corrected chi connectivity index (χ4v) is 4.62. The van der Waals surface area contributed by atoms with E-state index in [1.54, 1.807) is 6.20 Å². The number of aromatic nitrogens is 1. The van der Waals surface area contributed by atoms with Gasteiger partial charge in [-0.3, -0.25) is 14.8 Å². The number of hydrogen-bond donors (Lipinski definition) is 1. The molecule has 0 unspecified atom stereocenters. The molecule has 214 valence electrons. The van der Waals surface area contributed by atoms with Crippen molar-refractivity contribution >= 4 is 23.8 Å². The van der Waals surface area contributed by atoms with Crippen LogP contribution in [0.1, 0.15) is 71.2 Å². The summed E-state index contributed by atoms with van der Waals surface area (Å²) in [6.07, 6.45) is 3.36. The lowest BCUT2D eigenvalue weighted by atomic mass is 9.94. The van der Waals surface area contributed by atoms with Crippen molar-refractivity contribution < 1.29 is 19.1 Å². The Hall–Kier alpha value is -2.84. The average molecular weight is 559 g/mol. The van der Waals surface area contributed by atoms with Gasteiger partial charge in [-0.15, -0.1) is 0 Å². The van der Waals surface area contributed by atoms with Crippen LogP contribution in [0.5, 0.6) is 0 Å². The standard InChI is InChI=1S/C30H43ClN4O4/c1-29(2,3)38-27(36)32-15-9-10-16-34(20-25-14-13-24(31)18-33-25)21-26-17-22-11-7-8-12-23(22)19-35(26)28(37)39-30(4,5)6/h7-8,11-14,18,26H,9-10,15-17,19-21H2,1-6H3,(H,32,36)/t26-/m1/s1. The lowest BCUT2D eigenvalue weighted by Gasteiger charge is -2.40. The molecular weight excluding hydrogens is 516 g/mol. The highest BCUT2D eigenvalue weighted by Crippen LogP contribution is 2.26. The predicted octanol–water partition coefficient (Wildman–Crippen LogP) is 6.20. The summed E-state index contributed by atoms with van der Waals surface area (Å²) >= 11 is 6.06. The molecule has 0 saturated carbocycles. The van der Waals surface area contributed by atoms with Crippen LogP contribution in [0.2, 0.25) is 5.02 Å². The summed E-state index contributed by atoms with van der Waals surface area (Å²) in [5, 5.41) is 3.42.